The topological polar surface area (TPSA) is 3.24 Å². The van der Waals surface area contributed by atoms with E-state index < -0.39 is 0 Å². The molecule has 25 heavy (non-hydrogen) atoms. The van der Waals surface area contributed by atoms with Crippen molar-refractivity contribution in [2.75, 3.05) is 13.6 Å². The third-order valence-electron chi connectivity index (χ3n) is 6.52. The van der Waals surface area contributed by atoms with Gasteiger partial charge in [-0.1, -0.05) is 74.0 Å². The molecule has 3 aliphatic carbocycles. The molecule has 3 aliphatic rings. The number of hydrogen-bond acceptors (Lipinski definition) is 1. The Kier molecular flexibility index (Phi) is 4.29. The maximum atomic E-state index is 2.53. The van der Waals surface area contributed by atoms with Gasteiger partial charge in [0.1, 0.15) is 0 Å². The first kappa shape index (κ1) is 16.6. The highest BCUT2D eigenvalue weighted by Gasteiger charge is 2.50. The molecule has 5 rings (SSSR count). The van der Waals surface area contributed by atoms with E-state index in [1.165, 1.54) is 29.5 Å². The number of rotatable bonds is 5. The predicted molar refractivity (Wildman–Crippen MR) is 106 cm³/mol. The van der Waals surface area contributed by atoms with Crippen LogP contribution in [0.3, 0.4) is 0 Å². The Hall–Kier alpha value is -1.86. The molecule has 2 aromatic carbocycles. The number of nitrogens with zero attached hydrogens (tertiary/aromatic N) is 1. The largest absolute Gasteiger partial charge is 0.298 e. The maximum Gasteiger partial charge on any atom is 0.0234 e. The van der Waals surface area contributed by atoms with Crippen LogP contribution in [-0.4, -0.2) is 18.5 Å². The van der Waals surface area contributed by atoms with Gasteiger partial charge in [-0.05, 0) is 59.9 Å². The molecule has 0 heterocycles. The van der Waals surface area contributed by atoms with Gasteiger partial charge >= 0.3 is 0 Å². The Morgan fingerprint density at radius 1 is 0.960 bits per heavy atom. The van der Waals surface area contributed by atoms with Gasteiger partial charge in [-0.25, -0.2) is 0 Å². The number of allylic oxidation sites excluding steroid dienone is 1. The molecule has 1 fully saturated rings. The summed E-state index contributed by atoms with van der Waals surface area (Å²) >= 11 is 0. The summed E-state index contributed by atoms with van der Waals surface area (Å²) in [5.74, 6) is 1.73. The van der Waals surface area contributed by atoms with E-state index in [2.05, 4.69) is 86.5 Å². The summed E-state index contributed by atoms with van der Waals surface area (Å²) in [5.41, 5.74) is 6.20. The first-order valence-electron chi connectivity index (χ1n) is 9.56. The van der Waals surface area contributed by atoms with Crippen molar-refractivity contribution in [1.29, 1.82) is 0 Å². The van der Waals surface area contributed by atoms with E-state index in [1.807, 2.05) is 0 Å². The summed E-state index contributed by atoms with van der Waals surface area (Å²) < 4.78 is 0. The van der Waals surface area contributed by atoms with Crippen LogP contribution < -0.4 is 0 Å². The van der Waals surface area contributed by atoms with Crippen molar-refractivity contribution < 1.29 is 0 Å². The van der Waals surface area contributed by atoms with E-state index in [0.29, 0.717) is 5.41 Å². The molecule has 0 amide bonds. The Labute approximate surface area is 152 Å². The molecule has 0 spiro atoms. The minimum Gasteiger partial charge on any atom is -0.298 e. The number of likely N-dealkylation sites (N-methyl/N-ethyl adjacent to an activating group) is 1. The molecular formula is C24H29N. The van der Waals surface area contributed by atoms with Crippen LogP contribution in [-0.2, 0) is 6.54 Å². The summed E-state index contributed by atoms with van der Waals surface area (Å²) in [6.07, 6.45) is 5.23. The molecule has 0 saturated heterocycles. The van der Waals surface area contributed by atoms with E-state index in [1.54, 1.807) is 5.57 Å². The van der Waals surface area contributed by atoms with Gasteiger partial charge in [-0.2, -0.15) is 0 Å². The van der Waals surface area contributed by atoms with E-state index in [9.17, 15) is 0 Å². The summed E-state index contributed by atoms with van der Waals surface area (Å²) in [4.78, 5) is 2.48. The van der Waals surface area contributed by atoms with Crippen LogP contribution in [0.4, 0.5) is 0 Å². The van der Waals surface area contributed by atoms with Crippen LogP contribution in [0.25, 0.3) is 11.1 Å². The molecule has 0 N–H and O–H groups in total. The average Bonchev–Trinajstić information content (AvgIpc) is 2.62. The molecule has 2 aromatic rings. The standard InChI is InChI=1S/C24H29N/c1-24(2)22-13-12-21(23(24)15-22)17-25(3)16-18-8-7-11-20(14-18)19-9-5-4-6-10-19/h4-12,14,22-23H,13,15-17H2,1-3H3/t22-,23-/m0/s1. The maximum absolute atomic E-state index is 2.53. The summed E-state index contributed by atoms with van der Waals surface area (Å²) in [6, 6.07) is 19.6. The van der Waals surface area contributed by atoms with Crippen LogP contribution in [0.1, 0.15) is 32.3 Å². The van der Waals surface area contributed by atoms with Crippen LogP contribution in [0, 0.1) is 17.3 Å². The highest BCUT2D eigenvalue weighted by atomic mass is 15.1. The summed E-state index contributed by atoms with van der Waals surface area (Å²) in [5, 5.41) is 0. The SMILES string of the molecule is CN(CC1=CC[C@H]2C[C@@H]1C2(C)C)Cc1cccc(-c2ccccc2)c1. The normalized spacial score (nSPS) is 23.9. The first-order chi connectivity index (χ1) is 12.0. The molecule has 1 nitrogen and oxygen atoms in total. The molecule has 2 atom stereocenters. The molecule has 0 unspecified atom stereocenters. The molecule has 130 valence electrons. The average molecular weight is 332 g/mol. The lowest BCUT2D eigenvalue weighted by atomic mass is 9.49. The molecule has 2 bridgehead atoms. The Balaban J connectivity index is 1.43. The van der Waals surface area contributed by atoms with Crippen LogP contribution in [0.15, 0.2) is 66.2 Å². The lowest BCUT2D eigenvalue weighted by molar-refractivity contribution is -0.0101. The third kappa shape index (κ3) is 3.18. The second kappa shape index (κ2) is 6.46. The predicted octanol–water partition coefficient (Wildman–Crippen LogP) is 5.78. The van der Waals surface area contributed by atoms with Crippen molar-refractivity contribution in [2.45, 2.75) is 33.2 Å². The van der Waals surface area contributed by atoms with E-state index in [-0.39, 0.29) is 0 Å². The monoisotopic (exact) mass is 331 g/mol. The van der Waals surface area contributed by atoms with Crippen LogP contribution in [0.5, 0.6) is 0 Å². The Morgan fingerprint density at radius 2 is 1.72 bits per heavy atom. The minimum absolute atomic E-state index is 0.526. The van der Waals surface area contributed by atoms with Crippen molar-refractivity contribution in [2.24, 2.45) is 17.3 Å². The van der Waals surface area contributed by atoms with Gasteiger partial charge in [0.2, 0.25) is 0 Å². The summed E-state index contributed by atoms with van der Waals surface area (Å²) in [6.45, 7) is 7.04. The molecular weight excluding hydrogens is 302 g/mol. The third-order valence-corrected chi connectivity index (χ3v) is 6.52. The fraction of sp³-hybridized carbons (Fsp3) is 0.417. The Morgan fingerprint density at radius 3 is 2.44 bits per heavy atom. The highest BCUT2D eigenvalue weighted by molar-refractivity contribution is 5.63. The van der Waals surface area contributed by atoms with Crippen molar-refractivity contribution >= 4 is 0 Å². The van der Waals surface area contributed by atoms with Crippen molar-refractivity contribution in [1.82, 2.24) is 4.90 Å². The van der Waals surface area contributed by atoms with Gasteiger partial charge in [0.25, 0.3) is 0 Å². The molecule has 0 aliphatic heterocycles. The van der Waals surface area contributed by atoms with E-state index in [4.69, 9.17) is 0 Å². The fourth-order valence-electron chi connectivity index (χ4n) is 4.81. The minimum atomic E-state index is 0.526. The molecule has 1 heteroatoms. The molecule has 0 radical (unpaired) electrons. The van der Waals surface area contributed by atoms with Gasteiger partial charge < -0.3 is 0 Å². The zero-order chi connectivity index (χ0) is 17.4. The Bertz CT molecular complexity index is 772. The van der Waals surface area contributed by atoms with Crippen molar-refractivity contribution in [3.63, 3.8) is 0 Å². The molecule has 0 aromatic heterocycles. The number of hydrogen-bond donors (Lipinski definition) is 0. The van der Waals surface area contributed by atoms with Gasteiger partial charge in [0.05, 0.1) is 0 Å². The zero-order valence-corrected chi connectivity index (χ0v) is 15.7. The van der Waals surface area contributed by atoms with Crippen molar-refractivity contribution in [3.05, 3.63) is 71.8 Å². The van der Waals surface area contributed by atoms with Gasteiger partial charge in [0, 0.05) is 13.1 Å². The van der Waals surface area contributed by atoms with Gasteiger partial charge in [-0.15, -0.1) is 0 Å². The van der Waals surface area contributed by atoms with Gasteiger partial charge in [0.15, 0.2) is 0 Å². The smallest absolute Gasteiger partial charge is 0.0234 e. The second-order valence-electron chi connectivity index (χ2n) is 8.56. The van der Waals surface area contributed by atoms with E-state index >= 15 is 0 Å². The quantitative estimate of drug-likeness (QED) is 0.628. The number of fused-ring (bicyclic) bond motifs is 1. The van der Waals surface area contributed by atoms with Crippen LogP contribution >= 0.6 is 0 Å². The highest BCUT2D eigenvalue weighted by Crippen LogP contribution is 2.59. The van der Waals surface area contributed by atoms with Crippen LogP contribution in [0.2, 0.25) is 0 Å². The lowest BCUT2D eigenvalue weighted by Gasteiger charge is -2.57. The fourth-order valence-corrected chi connectivity index (χ4v) is 4.81. The van der Waals surface area contributed by atoms with Crippen molar-refractivity contribution in [3.8, 4) is 11.1 Å². The first-order valence-corrected chi connectivity index (χ1v) is 9.56. The second-order valence-corrected chi connectivity index (χ2v) is 8.56. The van der Waals surface area contributed by atoms with Gasteiger partial charge in [-0.3, -0.25) is 4.90 Å². The molecule has 1 saturated carbocycles. The van der Waals surface area contributed by atoms with E-state index in [0.717, 1.165) is 24.9 Å². The number of benzene rings is 2. The lowest BCUT2D eigenvalue weighted by Crippen LogP contribution is -2.49. The summed E-state index contributed by atoms with van der Waals surface area (Å²) in [7, 11) is 2.26. The zero-order valence-electron chi connectivity index (χ0n) is 15.7.